The van der Waals surface area contributed by atoms with E-state index in [4.69, 9.17) is 10.5 Å². The van der Waals surface area contributed by atoms with Crippen molar-refractivity contribution < 1.29 is 13.2 Å². The lowest BCUT2D eigenvalue weighted by Crippen LogP contribution is -2.26. The standard InChI is InChI=1S/C11H17BrN2O3S.ClH/c1-2-17-11-5-4-9(8-10(11)12)18(15,16)14-7-3-6-13;/h4-5,8,14H,2-3,6-7,13H2,1H3;1H. The molecular weight excluding hydrogens is 356 g/mol. The van der Waals surface area contributed by atoms with E-state index < -0.39 is 10.0 Å². The van der Waals surface area contributed by atoms with E-state index in [9.17, 15) is 8.42 Å². The van der Waals surface area contributed by atoms with Gasteiger partial charge < -0.3 is 10.5 Å². The number of nitrogens with one attached hydrogen (secondary N) is 1. The summed E-state index contributed by atoms with van der Waals surface area (Å²) in [6.45, 7) is 3.18. The van der Waals surface area contributed by atoms with Gasteiger partial charge in [-0.3, -0.25) is 0 Å². The van der Waals surface area contributed by atoms with Crippen LogP contribution in [0.4, 0.5) is 0 Å². The first kappa shape index (κ1) is 18.7. The highest BCUT2D eigenvalue weighted by Gasteiger charge is 2.15. The summed E-state index contributed by atoms with van der Waals surface area (Å²) in [5, 5.41) is 0. The van der Waals surface area contributed by atoms with E-state index in [1.807, 2.05) is 6.92 Å². The molecule has 0 saturated heterocycles. The van der Waals surface area contributed by atoms with E-state index in [-0.39, 0.29) is 17.3 Å². The van der Waals surface area contributed by atoms with Crippen LogP contribution in [-0.4, -0.2) is 28.1 Å². The molecule has 0 heterocycles. The molecule has 110 valence electrons. The number of benzene rings is 1. The molecular formula is C11H18BrClN2O3S. The summed E-state index contributed by atoms with van der Waals surface area (Å²) in [4.78, 5) is 0.204. The highest BCUT2D eigenvalue weighted by atomic mass is 79.9. The van der Waals surface area contributed by atoms with E-state index in [2.05, 4.69) is 20.7 Å². The predicted octanol–water partition coefficient (Wildman–Crippen LogP) is 1.90. The van der Waals surface area contributed by atoms with Crippen LogP contribution in [0.5, 0.6) is 5.75 Å². The first-order valence-electron chi connectivity index (χ1n) is 5.63. The molecule has 0 aromatic heterocycles. The number of hydrogen-bond acceptors (Lipinski definition) is 4. The Hall–Kier alpha value is -0.340. The molecule has 0 aliphatic rings. The molecule has 19 heavy (non-hydrogen) atoms. The Morgan fingerprint density at radius 3 is 2.63 bits per heavy atom. The van der Waals surface area contributed by atoms with Crippen LogP contribution in [0.3, 0.4) is 0 Å². The third-order valence-electron chi connectivity index (χ3n) is 2.19. The molecule has 1 rings (SSSR count). The maximum absolute atomic E-state index is 11.9. The molecule has 0 atom stereocenters. The second-order valence-electron chi connectivity index (χ2n) is 3.57. The first-order valence-corrected chi connectivity index (χ1v) is 7.91. The second kappa shape index (κ2) is 8.76. The van der Waals surface area contributed by atoms with Gasteiger partial charge in [-0.1, -0.05) is 0 Å². The van der Waals surface area contributed by atoms with Gasteiger partial charge in [-0.25, -0.2) is 13.1 Å². The van der Waals surface area contributed by atoms with E-state index >= 15 is 0 Å². The molecule has 0 unspecified atom stereocenters. The minimum absolute atomic E-state index is 0. The lowest BCUT2D eigenvalue weighted by molar-refractivity contribution is 0.338. The molecule has 1 aromatic rings. The Morgan fingerprint density at radius 1 is 1.42 bits per heavy atom. The van der Waals surface area contributed by atoms with Gasteiger partial charge in [0.05, 0.1) is 16.0 Å². The zero-order chi connectivity index (χ0) is 13.6. The fourth-order valence-corrected chi connectivity index (χ4v) is 3.06. The van der Waals surface area contributed by atoms with Crippen molar-refractivity contribution in [3.8, 4) is 5.75 Å². The first-order chi connectivity index (χ1) is 8.51. The van der Waals surface area contributed by atoms with Gasteiger partial charge >= 0.3 is 0 Å². The van der Waals surface area contributed by atoms with Crippen LogP contribution in [0, 0.1) is 0 Å². The van der Waals surface area contributed by atoms with Gasteiger partial charge in [-0.05, 0) is 54.0 Å². The lowest BCUT2D eigenvalue weighted by Gasteiger charge is -2.09. The van der Waals surface area contributed by atoms with Crippen LogP contribution in [0.15, 0.2) is 27.6 Å². The zero-order valence-corrected chi connectivity index (χ0v) is 13.8. The largest absolute Gasteiger partial charge is 0.493 e. The fourth-order valence-electron chi connectivity index (χ4n) is 1.31. The SMILES string of the molecule is CCOc1ccc(S(=O)(=O)NCCCN)cc1Br.Cl. The van der Waals surface area contributed by atoms with E-state index in [0.29, 0.717) is 36.3 Å². The summed E-state index contributed by atoms with van der Waals surface area (Å²) in [5.74, 6) is 0.624. The smallest absolute Gasteiger partial charge is 0.240 e. The van der Waals surface area contributed by atoms with Crippen molar-refractivity contribution in [3.05, 3.63) is 22.7 Å². The van der Waals surface area contributed by atoms with Gasteiger partial charge in [0.2, 0.25) is 10.0 Å². The van der Waals surface area contributed by atoms with Crippen LogP contribution in [-0.2, 0) is 10.0 Å². The average molecular weight is 374 g/mol. The Bertz CT molecular complexity index is 497. The highest BCUT2D eigenvalue weighted by molar-refractivity contribution is 9.10. The number of sulfonamides is 1. The molecule has 0 spiro atoms. The third kappa shape index (κ3) is 5.66. The van der Waals surface area contributed by atoms with Gasteiger partial charge in [0.25, 0.3) is 0 Å². The van der Waals surface area contributed by atoms with Crippen molar-refractivity contribution in [1.29, 1.82) is 0 Å². The van der Waals surface area contributed by atoms with Crippen LogP contribution in [0.25, 0.3) is 0 Å². The summed E-state index contributed by atoms with van der Waals surface area (Å²) in [6, 6.07) is 4.67. The normalized spacial score (nSPS) is 10.9. The number of rotatable bonds is 7. The van der Waals surface area contributed by atoms with Crippen molar-refractivity contribution in [1.82, 2.24) is 4.72 Å². The summed E-state index contributed by atoms with van der Waals surface area (Å²) in [6.07, 6.45) is 0.609. The van der Waals surface area contributed by atoms with Gasteiger partial charge in [-0.15, -0.1) is 12.4 Å². The summed E-state index contributed by atoms with van der Waals surface area (Å²) >= 11 is 3.29. The van der Waals surface area contributed by atoms with Crippen molar-refractivity contribution in [3.63, 3.8) is 0 Å². The van der Waals surface area contributed by atoms with Gasteiger partial charge in [0, 0.05) is 6.54 Å². The second-order valence-corrected chi connectivity index (χ2v) is 6.19. The minimum Gasteiger partial charge on any atom is -0.493 e. The molecule has 8 heteroatoms. The van der Waals surface area contributed by atoms with E-state index in [1.165, 1.54) is 12.1 Å². The quantitative estimate of drug-likeness (QED) is 0.715. The molecule has 5 nitrogen and oxygen atoms in total. The summed E-state index contributed by atoms with van der Waals surface area (Å²) in [5.41, 5.74) is 5.32. The van der Waals surface area contributed by atoms with Gasteiger partial charge in [-0.2, -0.15) is 0 Å². The molecule has 0 aliphatic carbocycles. The van der Waals surface area contributed by atoms with Gasteiger partial charge in [0.1, 0.15) is 5.75 Å². The summed E-state index contributed by atoms with van der Waals surface area (Å²) < 4.78 is 32.3. The molecule has 0 bridgehead atoms. The molecule has 0 amide bonds. The molecule has 0 aliphatic heterocycles. The monoisotopic (exact) mass is 372 g/mol. The Balaban J connectivity index is 0.00000324. The molecule has 3 N–H and O–H groups in total. The minimum atomic E-state index is -3.48. The molecule has 0 saturated carbocycles. The van der Waals surface area contributed by atoms with Crippen LogP contribution < -0.4 is 15.2 Å². The average Bonchev–Trinajstić information content (AvgIpc) is 2.32. The maximum Gasteiger partial charge on any atom is 0.240 e. The van der Waals surface area contributed by atoms with Crippen LogP contribution in [0.2, 0.25) is 0 Å². The number of nitrogens with two attached hydrogens (primary N) is 1. The van der Waals surface area contributed by atoms with Gasteiger partial charge in [0.15, 0.2) is 0 Å². The highest BCUT2D eigenvalue weighted by Crippen LogP contribution is 2.27. The topological polar surface area (TPSA) is 81.4 Å². The maximum atomic E-state index is 11.9. The van der Waals surface area contributed by atoms with Crippen LogP contribution in [0.1, 0.15) is 13.3 Å². The van der Waals surface area contributed by atoms with Crippen molar-refractivity contribution in [2.24, 2.45) is 5.73 Å². The fraction of sp³-hybridized carbons (Fsp3) is 0.455. The third-order valence-corrected chi connectivity index (χ3v) is 4.26. The van der Waals surface area contributed by atoms with Crippen molar-refractivity contribution in [2.75, 3.05) is 19.7 Å². The van der Waals surface area contributed by atoms with Crippen LogP contribution >= 0.6 is 28.3 Å². The Kier molecular flexibility index (Phi) is 8.60. The summed E-state index contributed by atoms with van der Waals surface area (Å²) in [7, 11) is -3.48. The molecule has 0 radical (unpaired) electrons. The Morgan fingerprint density at radius 2 is 2.11 bits per heavy atom. The number of hydrogen-bond donors (Lipinski definition) is 2. The zero-order valence-electron chi connectivity index (χ0n) is 10.6. The van der Waals surface area contributed by atoms with E-state index in [1.54, 1.807) is 6.07 Å². The van der Waals surface area contributed by atoms with Crippen molar-refractivity contribution in [2.45, 2.75) is 18.2 Å². The number of ether oxygens (including phenoxy) is 1. The predicted molar refractivity (Wildman–Crippen MR) is 81.4 cm³/mol. The molecule has 0 fully saturated rings. The Labute approximate surface area is 128 Å². The lowest BCUT2D eigenvalue weighted by atomic mass is 10.3. The van der Waals surface area contributed by atoms with Crippen molar-refractivity contribution >= 4 is 38.4 Å². The van der Waals surface area contributed by atoms with E-state index in [0.717, 1.165) is 0 Å². The molecule has 1 aromatic carbocycles. The number of halogens is 2.